The average molecular weight is 213 g/mol. The van der Waals surface area contributed by atoms with Crippen molar-refractivity contribution in [2.45, 2.75) is 12.5 Å². The summed E-state index contributed by atoms with van der Waals surface area (Å²) in [5, 5.41) is 20.5. The summed E-state index contributed by atoms with van der Waals surface area (Å²) in [4.78, 5) is 0. The zero-order valence-electron chi connectivity index (χ0n) is 8.49. The third-order valence-corrected chi connectivity index (χ3v) is 2.07. The molecule has 0 aliphatic carbocycles. The van der Waals surface area contributed by atoms with E-state index in [-0.39, 0.29) is 12.4 Å². The van der Waals surface area contributed by atoms with Crippen molar-refractivity contribution in [1.29, 1.82) is 0 Å². The van der Waals surface area contributed by atoms with Crippen molar-refractivity contribution in [3.63, 3.8) is 0 Å². The summed E-state index contributed by atoms with van der Waals surface area (Å²) in [5.74, 6) is -0.233. The van der Waals surface area contributed by atoms with Crippen LogP contribution in [0.5, 0.6) is 0 Å². The monoisotopic (exact) mass is 213 g/mol. The molecule has 0 aromatic heterocycles. The van der Waals surface area contributed by atoms with E-state index in [1.807, 2.05) is 6.07 Å². The maximum absolute atomic E-state index is 12.8. The first kappa shape index (κ1) is 12.1. The van der Waals surface area contributed by atoms with Crippen LogP contribution in [0.3, 0.4) is 0 Å². The normalized spacial score (nSPS) is 12.7. The van der Waals surface area contributed by atoms with Gasteiger partial charge >= 0.3 is 0 Å². The molecule has 0 aliphatic rings. The van der Waals surface area contributed by atoms with Gasteiger partial charge in [0.15, 0.2) is 0 Å². The molecule has 1 atom stereocenters. The lowest BCUT2D eigenvalue weighted by molar-refractivity contribution is 0.0947. The minimum atomic E-state index is -0.725. The van der Waals surface area contributed by atoms with Gasteiger partial charge < -0.3 is 15.5 Å². The van der Waals surface area contributed by atoms with E-state index in [1.165, 1.54) is 12.1 Å². The average Bonchev–Trinajstić information content (AvgIpc) is 2.24. The molecule has 1 aromatic rings. The van der Waals surface area contributed by atoms with Crippen molar-refractivity contribution in [1.82, 2.24) is 5.32 Å². The minimum Gasteiger partial charge on any atom is -0.394 e. The molecule has 0 saturated carbocycles. The molecule has 15 heavy (non-hydrogen) atoms. The van der Waals surface area contributed by atoms with Gasteiger partial charge in [-0.3, -0.25) is 0 Å². The van der Waals surface area contributed by atoms with E-state index in [9.17, 15) is 4.39 Å². The molecular weight excluding hydrogens is 197 g/mol. The van der Waals surface area contributed by atoms with Gasteiger partial charge in [-0.05, 0) is 30.7 Å². The van der Waals surface area contributed by atoms with E-state index in [2.05, 4.69) is 5.32 Å². The van der Waals surface area contributed by atoms with Crippen LogP contribution in [0, 0.1) is 5.82 Å². The number of hydrogen-bond donors (Lipinski definition) is 3. The van der Waals surface area contributed by atoms with Gasteiger partial charge in [-0.15, -0.1) is 0 Å². The second-order valence-corrected chi connectivity index (χ2v) is 3.42. The number of nitrogens with one attached hydrogen (secondary N) is 1. The fraction of sp³-hybridized carbons (Fsp3) is 0.455. The maximum Gasteiger partial charge on any atom is 0.123 e. The van der Waals surface area contributed by atoms with Crippen LogP contribution < -0.4 is 5.32 Å². The molecule has 84 valence electrons. The molecule has 1 unspecified atom stereocenters. The molecule has 0 heterocycles. The van der Waals surface area contributed by atoms with E-state index in [0.717, 1.165) is 5.56 Å². The lowest BCUT2D eigenvalue weighted by Gasteiger charge is -2.08. The van der Waals surface area contributed by atoms with Gasteiger partial charge in [0.2, 0.25) is 0 Å². The molecule has 0 fully saturated rings. The summed E-state index contributed by atoms with van der Waals surface area (Å²) in [6.07, 6.45) is -0.0203. The van der Waals surface area contributed by atoms with Crippen LogP contribution in [0.2, 0.25) is 0 Å². The molecular formula is C11H16FNO2. The highest BCUT2D eigenvalue weighted by atomic mass is 19.1. The lowest BCUT2D eigenvalue weighted by atomic mass is 10.1. The number of halogens is 1. The molecule has 3 nitrogen and oxygen atoms in total. The molecule has 0 radical (unpaired) electrons. The standard InChI is InChI=1S/C11H16FNO2/c12-10-3-1-2-9(6-10)4-5-13-7-11(15)8-14/h1-3,6,11,13-15H,4-5,7-8H2. The molecule has 1 rings (SSSR count). The van der Waals surface area contributed by atoms with Crippen LogP contribution in [0.15, 0.2) is 24.3 Å². The summed E-state index contributed by atoms with van der Waals surface area (Å²) in [5.41, 5.74) is 0.918. The van der Waals surface area contributed by atoms with E-state index >= 15 is 0 Å². The molecule has 4 heteroatoms. The summed E-state index contributed by atoms with van der Waals surface area (Å²) in [6.45, 7) is 0.763. The first-order valence-electron chi connectivity index (χ1n) is 4.96. The van der Waals surface area contributed by atoms with Crippen LogP contribution in [-0.4, -0.2) is 36.0 Å². The highest BCUT2D eigenvalue weighted by Gasteiger charge is 2.00. The van der Waals surface area contributed by atoms with Crippen molar-refractivity contribution in [3.05, 3.63) is 35.6 Å². The molecule has 0 spiro atoms. The predicted molar refractivity (Wildman–Crippen MR) is 56.1 cm³/mol. The highest BCUT2D eigenvalue weighted by molar-refractivity contribution is 5.16. The van der Waals surface area contributed by atoms with Gasteiger partial charge in [0.25, 0.3) is 0 Å². The Balaban J connectivity index is 2.20. The van der Waals surface area contributed by atoms with Crippen LogP contribution in [0.25, 0.3) is 0 Å². The van der Waals surface area contributed by atoms with E-state index < -0.39 is 6.10 Å². The van der Waals surface area contributed by atoms with Crippen molar-refractivity contribution in [2.24, 2.45) is 0 Å². The van der Waals surface area contributed by atoms with Gasteiger partial charge in [-0.2, -0.15) is 0 Å². The second-order valence-electron chi connectivity index (χ2n) is 3.42. The van der Waals surface area contributed by atoms with Crippen LogP contribution in [-0.2, 0) is 6.42 Å². The SMILES string of the molecule is OCC(O)CNCCc1cccc(F)c1. The lowest BCUT2D eigenvalue weighted by Crippen LogP contribution is -2.30. The maximum atomic E-state index is 12.8. The molecule has 0 amide bonds. The van der Waals surface area contributed by atoms with Crippen molar-refractivity contribution >= 4 is 0 Å². The molecule has 0 saturated heterocycles. The fourth-order valence-electron chi connectivity index (χ4n) is 1.26. The number of rotatable bonds is 6. The third-order valence-electron chi connectivity index (χ3n) is 2.07. The Morgan fingerprint density at radius 2 is 2.20 bits per heavy atom. The Hall–Kier alpha value is -0.970. The molecule has 1 aromatic carbocycles. The van der Waals surface area contributed by atoms with Crippen LogP contribution >= 0.6 is 0 Å². The van der Waals surface area contributed by atoms with E-state index in [4.69, 9.17) is 10.2 Å². The first-order valence-corrected chi connectivity index (χ1v) is 4.96. The van der Waals surface area contributed by atoms with Gasteiger partial charge in [0.05, 0.1) is 12.7 Å². The largest absolute Gasteiger partial charge is 0.394 e. The fourth-order valence-corrected chi connectivity index (χ4v) is 1.26. The number of aliphatic hydroxyl groups is 2. The van der Waals surface area contributed by atoms with Gasteiger partial charge in [-0.25, -0.2) is 4.39 Å². The van der Waals surface area contributed by atoms with Crippen LogP contribution in [0.1, 0.15) is 5.56 Å². The van der Waals surface area contributed by atoms with Gasteiger partial charge in [0.1, 0.15) is 5.82 Å². The number of aliphatic hydroxyl groups excluding tert-OH is 2. The Morgan fingerprint density at radius 1 is 1.40 bits per heavy atom. The summed E-state index contributed by atoms with van der Waals surface area (Å²) in [6, 6.07) is 6.43. The van der Waals surface area contributed by atoms with Crippen LogP contribution in [0.4, 0.5) is 4.39 Å². The van der Waals surface area contributed by atoms with Crippen molar-refractivity contribution < 1.29 is 14.6 Å². The topological polar surface area (TPSA) is 52.5 Å². The number of hydrogen-bond acceptors (Lipinski definition) is 3. The van der Waals surface area contributed by atoms with Gasteiger partial charge in [0, 0.05) is 6.54 Å². The smallest absolute Gasteiger partial charge is 0.123 e. The third kappa shape index (κ3) is 4.88. The second kappa shape index (κ2) is 6.50. The summed E-state index contributed by atoms with van der Waals surface area (Å²) in [7, 11) is 0. The first-order chi connectivity index (χ1) is 7.22. The number of benzene rings is 1. The Bertz CT molecular complexity index is 294. The molecule has 0 bridgehead atoms. The Kier molecular flexibility index (Phi) is 5.25. The minimum absolute atomic E-state index is 0.233. The predicted octanol–water partition coefficient (Wildman–Crippen LogP) is 0.311. The van der Waals surface area contributed by atoms with Crippen molar-refractivity contribution in [2.75, 3.05) is 19.7 Å². The molecule has 0 aliphatic heterocycles. The highest BCUT2D eigenvalue weighted by Crippen LogP contribution is 2.03. The zero-order valence-corrected chi connectivity index (χ0v) is 8.49. The van der Waals surface area contributed by atoms with E-state index in [1.54, 1.807) is 6.07 Å². The van der Waals surface area contributed by atoms with Crippen molar-refractivity contribution in [3.8, 4) is 0 Å². The Morgan fingerprint density at radius 3 is 2.87 bits per heavy atom. The Labute approximate surface area is 88.6 Å². The zero-order chi connectivity index (χ0) is 11.1. The van der Waals surface area contributed by atoms with E-state index in [0.29, 0.717) is 19.5 Å². The quantitative estimate of drug-likeness (QED) is 0.596. The van der Waals surface area contributed by atoms with Gasteiger partial charge in [-0.1, -0.05) is 12.1 Å². The summed E-state index contributed by atoms with van der Waals surface area (Å²) < 4.78 is 12.8. The molecule has 3 N–H and O–H groups in total. The summed E-state index contributed by atoms with van der Waals surface area (Å²) >= 11 is 0.